The Morgan fingerprint density at radius 1 is 1.42 bits per heavy atom. The number of fused-ring (bicyclic) bond motifs is 1. The molecule has 1 saturated carbocycles. The van der Waals surface area contributed by atoms with Gasteiger partial charge in [0, 0.05) is 11.6 Å². The zero-order valence-electron chi connectivity index (χ0n) is 10.4. The van der Waals surface area contributed by atoms with Crippen LogP contribution in [0.4, 0.5) is 14.5 Å². The Morgan fingerprint density at radius 3 is 2.84 bits per heavy atom. The Bertz CT molecular complexity index is 561. The van der Waals surface area contributed by atoms with E-state index in [9.17, 15) is 8.78 Å². The monoisotopic (exact) mass is 267 g/mol. The van der Waals surface area contributed by atoms with Crippen molar-refractivity contribution >= 4 is 11.7 Å². The molecule has 1 heterocycles. The van der Waals surface area contributed by atoms with E-state index in [-0.39, 0.29) is 18.0 Å². The lowest BCUT2D eigenvalue weighted by Crippen LogP contribution is -2.43. The van der Waals surface area contributed by atoms with Gasteiger partial charge in [-0.25, -0.2) is 13.8 Å². The maximum absolute atomic E-state index is 13.8. The molecule has 1 aromatic carbocycles. The van der Waals surface area contributed by atoms with Crippen molar-refractivity contribution in [2.24, 2.45) is 16.6 Å². The van der Waals surface area contributed by atoms with Gasteiger partial charge in [0.2, 0.25) is 0 Å². The summed E-state index contributed by atoms with van der Waals surface area (Å²) in [5, 5.41) is 0. The third-order valence-electron chi connectivity index (χ3n) is 3.89. The van der Waals surface area contributed by atoms with E-state index < -0.39 is 12.0 Å². The molecule has 1 aliphatic heterocycles. The summed E-state index contributed by atoms with van der Waals surface area (Å²) < 4.78 is 32.7. The van der Waals surface area contributed by atoms with Crippen molar-refractivity contribution in [3.05, 3.63) is 29.3 Å². The van der Waals surface area contributed by atoms with E-state index in [4.69, 9.17) is 16.2 Å². The van der Waals surface area contributed by atoms with E-state index in [1.54, 1.807) is 25.1 Å². The molecule has 19 heavy (non-hydrogen) atoms. The molecular weight excluding hydrogens is 252 g/mol. The molecule has 1 unspecified atom stereocenters. The van der Waals surface area contributed by atoms with Gasteiger partial charge in [0.15, 0.2) is 5.54 Å². The lowest BCUT2D eigenvalue weighted by Gasteiger charge is -2.34. The second-order valence-electron chi connectivity index (χ2n) is 5.15. The van der Waals surface area contributed by atoms with Gasteiger partial charge in [0.25, 0.3) is 12.4 Å². The first-order valence-electron chi connectivity index (χ1n) is 6.12. The minimum atomic E-state index is -2.65. The fraction of sp³-hybridized carbons (Fsp3) is 0.462. The van der Waals surface area contributed by atoms with Crippen LogP contribution in [0.2, 0.25) is 0 Å². The molecule has 0 amide bonds. The summed E-state index contributed by atoms with van der Waals surface area (Å²) in [6.45, 7) is 1.78. The number of aliphatic imine (C=N–C) groups is 1. The highest BCUT2D eigenvalue weighted by Crippen LogP contribution is 2.56. The molecule has 6 heteroatoms. The molecule has 4 nitrogen and oxygen atoms in total. The number of anilines is 1. The molecule has 1 aliphatic carbocycles. The molecule has 3 atom stereocenters. The van der Waals surface area contributed by atoms with E-state index in [2.05, 4.69) is 4.99 Å². The number of nitrogens with zero attached hydrogens (tertiary/aromatic N) is 1. The fourth-order valence-electron chi connectivity index (χ4n) is 2.87. The summed E-state index contributed by atoms with van der Waals surface area (Å²) in [7, 11) is 0. The first-order valence-corrected chi connectivity index (χ1v) is 6.12. The van der Waals surface area contributed by atoms with Crippen molar-refractivity contribution < 1.29 is 13.5 Å². The third kappa shape index (κ3) is 1.66. The number of benzene rings is 1. The second kappa shape index (κ2) is 3.82. The Kier molecular flexibility index (Phi) is 2.45. The minimum absolute atomic E-state index is 0.166. The van der Waals surface area contributed by atoms with E-state index in [0.717, 1.165) is 5.56 Å². The Hall–Kier alpha value is -1.85. The van der Waals surface area contributed by atoms with E-state index in [0.29, 0.717) is 17.7 Å². The minimum Gasteiger partial charge on any atom is -0.462 e. The van der Waals surface area contributed by atoms with Crippen LogP contribution >= 0.6 is 0 Å². The Labute approximate surface area is 109 Å². The molecular formula is C13H15F2N3O. The van der Waals surface area contributed by atoms with Gasteiger partial charge in [-0.15, -0.1) is 0 Å². The number of hydrogen-bond donors (Lipinski definition) is 2. The van der Waals surface area contributed by atoms with Crippen LogP contribution in [0, 0.1) is 12.8 Å². The van der Waals surface area contributed by atoms with Gasteiger partial charge in [0.1, 0.15) is 6.10 Å². The van der Waals surface area contributed by atoms with Crippen molar-refractivity contribution in [1.82, 2.24) is 0 Å². The number of hydrogen-bond acceptors (Lipinski definition) is 4. The summed E-state index contributed by atoms with van der Waals surface area (Å²) in [5.74, 6) is -0.333. The summed E-state index contributed by atoms with van der Waals surface area (Å²) in [6.07, 6.45) is -2.36. The largest absolute Gasteiger partial charge is 0.462 e. The molecule has 3 rings (SSSR count). The highest BCUT2D eigenvalue weighted by molar-refractivity contribution is 5.74. The van der Waals surface area contributed by atoms with Crippen LogP contribution in [0.3, 0.4) is 0 Å². The van der Waals surface area contributed by atoms with Crippen molar-refractivity contribution in [3.63, 3.8) is 0 Å². The molecule has 1 fully saturated rings. The second-order valence-corrected chi connectivity index (χ2v) is 5.15. The SMILES string of the molecule is Cc1ccc(N)cc1[C@@]1(C(F)F)N=C(N)O[C@@H]2CC21. The van der Waals surface area contributed by atoms with Crippen LogP contribution in [0.15, 0.2) is 23.2 Å². The molecule has 1 aromatic rings. The summed E-state index contributed by atoms with van der Waals surface area (Å²) in [6, 6.07) is 4.82. The average Bonchev–Trinajstić information content (AvgIpc) is 3.10. The highest BCUT2D eigenvalue weighted by Gasteiger charge is 2.63. The van der Waals surface area contributed by atoms with E-state index in [1.165, 1.54) is 0 Å². The van der Waals surface area contributed by atoms with Gasteiger partial charge in [-0.05, 0) is 36.6 Å². The van der Waals surface area contributed by atoms with Crippen molar-refractivity contribution in [1.29, 1.82) is 0 Å². The molecule has 0 radical (unpaired) electrons. The van der Waals surface area contributed by atoms with Gasteiger partial charge in [-0.1, -0.05) is 6.07 Å². The quantitative estimate of drug-likeness (QED) is 0.802. The lowest BCUT2D eigenvalue weighted by molar-refractivity contribution is 0.0193. The maximum Gasteiger partial charge on any atom is 0.283 e. The molecule has 0 spiro atoms. The Morgan fingerprint density at radius 2 is 2.16 bits per heavy atom. The van der Waals surface area contributed by atoms with Gasteiger partial charge in [-0.3, -0.25) is 0 Å². The summed E-state index contributed by atoms with van der Waals surface area (Å²) in [5.41, 5.74) is 11.3. The molecule has 0 saturated heterocycles. The fourth-order valence-corrected chi connectivity index (χ4v) is 2.87. The van der Waals surface area contributed by atoms with Crippen LogP contribution in [0.5, 0.6) is 0 Å². The van der Waals surface area contributed by atoms with Crippen molar-refractivity contribution in [2.75, 3.05) is 5.73 Å². The molecule has 2 aliphatic rings. The van der Waals surface area contributed by atoms with Crippen molar-refractivity contribution in [2.45, 2.75) is 31.4 Å². The topological polar surface area (TPSA) is 73.6 Å². The number of halogens is 2. The maximum atomic E-state index is 13.8. The molecule has 0 aromatic heterocycles. The zero-order chi connectivity index (χ0) is 13.8. The number of nitrogen functional groups attached to an aromatic ring is 1. The zero-order valence-corrected chi connectivity index (χ0v) is 10.4. The van der Waals surface area contributed by atoms with Gasteiger partial charge in [-0.2, -0.15) is 0 Å². The highest BCUT2D eigenvalue weighted by atomic mass is 19.3. The van der Waals surface area contributed by atoms with Gasteiger partial charge < -0.3 is 16.2 Å². The normalized spacial score (nSPS) is 32.5. The smallest absolute Gasteiger partial charge is 0.283 e. The first-order chi connectivity index (χ1) is 8.95. The molecule has 0 bridgehead atoms. The predicted octanol–water partition coefficient (Wildman–Crippen LogP) is 1.77. The summed E-state index contributed by atoms with van der Waals surface area (Å²) in [4.78, 5) is 3.97. The standard InChI is InChI=1S/C13H15F2N3O/c1-6-2-3-7(16)4-8(6)13(11(14)15)9-5-10(9)19-12(17)18-13/h2-4,9-11H,5,16H2,1H3,(H2,17,18)/t9?,10-,13-/m1/s1. The number of aryl methyl sites for hydroxylation is 1. The van der Waals surface area contributed by atoms with Gasteiger partial charge in [0.05, 0.1) is 0 Å². The molecule has 4 N–H and O–H groups in total. The van der Waals surface area contributed by atoms with Crippen LogP contribution in [0.25, 0.3) is 0 Å². The van der Waals surface area contributed by atoms with Crippen LogP contribution < -0.4 is 11.5 Å². The number of nitrogens with two attached hydrogens (primary N) is 2. The van der Waals surface area contributed by atoms with E-state index in [1.807, 2.05) is 0 Å². The number of alkyl halides is 2. The predicted molar refractivity (Wildman–Crippen MR) is 67.9 cm³/mol. The average molecular weight is 267 g/mol. The number of amidine groups is 1. The third-order valence-corrected chi connectivity index (χ3v) is 3.89. The van der Waals surface area contributed by atoms with E-state index >= 15 is 0 Å². The van der Waals surface area contributed by atoms with Crippen LogP contribution in [-0.2, 0) is 10.3 Å². The number of ether oxygens (including phenoxy) is 1. The Balaban J connectivity index is 2.21. The summed E-state index contributed by atoms with van der Waals surface area (Å²) >= 11 is 0. The van der Waals surface area contributed by atoms with Gasteiger partial charge >= 0.3 is 0 Å². The number of rotatable bonds is 2. The van der Waals surface area contributed by atoms with Crippen LogP contribution in [-0.4, -0.2) is 18.6 Å². The van der Waals surface area contributed by atoms with Crippen LogP contribution in [0.1, 0.15) is 17.5 Å². The first kappa shape index (κ1) is 12.2. The van der Waals surface area contributed by atoms with Crippen molar-refractivity contribution in [3.8, 4) is 0 Å². The molecule has 102 valence electrons. The lowest BCUT2D eigenvalue weighted by atomic mass is 9.82.